The van der Waals surface area contributed by atoms with Crippen molar-refractivity contribution >= 4 is 0 Å². The average Bonchev–Trinajstić information content (AvgIpc) is 2.85. The molecule has 0 unspecified atom stereocenters. The highest BCUT2D eigenvalue weighted by molar-refractivity contribution is 5.50. The van der Waals surface area contributed by atoms with Gasteiger partial charge in [-0.3, -0.25) is 0 Å². The number of benzene rings is 2. The van der Waals surface area contributed by atoms with E-state index < -0.39 is 0 Å². The molecule has 4 heteroatoms. The Morgan fingerprint density at radius 3 is 1.14 bits per heavy atom. The van der Waals surface area contributed by atoms with Crippen LogP contribution >= 0.6 is 0 Å². The van der Waals surface area contributed by atoms with Gasteiger partial charge in [-0.25, -0.2) is 0 Å². The first-order valence-corrected chi connectivity index (χ1v) is 16.4. The molecule has 4 atom stereocenters. The van der Waals surface area contributed by atoms with E-state index >= 15 is 0 Å². The van der Waals surface area contributed by atoms with Crippen molar-refractivity contribution in [3.63, 3.8) is 0 Å². The minimum atomic E-state index is -0.114. The molecule has 0 aliphatic heterocycles. The van der Waals surface area contributed by atoms with Gasteiger partial charge < -0.3 is 20.8 Å². The summed E-state index contributed by atoms with van der Waals surface area (Å²) in [5, 5.41) is 30.4. The van der Waals surface area contributed by atoms with Crippen molar-refractivity contribution in [2.24, 2.45) is 11.8 Å². The van der Waals surface area contributed by atoms with E-state index in [4.69, 9.17) is 0 Å². The first-order valence-electron chi connectivity index (χ1n) is 16.4. The monoisotopic (exact) mass is 576 g/mol. The predicted molar refractivity (Wildman–Crippen MR) is 178 cm³/mol. The van der Waals surface area contributed by atoms with E-state index in [1.165, 1.54) is 24.0 Å². The number of phenolic OH excluding ortho intramolecular Hbond substituents is 2. The molecular weight excluding hydrogens is 516 g/mol. The first kappa shape index (κ1) is 32.9. The third kappa shape index (κ3) is 7.18. The molecule has 2 bridgehead atoms. The maximum Gasteiger partial charge on any atom is 0.123 e. The number of phenols is 2. The fourth-order valence-corrected chi connectivity index (χ4v) is 7.08. The fraction of sp³-hybridized carbons (Fsp3) is 0.684. The second kappa shape index (κ2) is 11.5. The Kier molecular flexibility index (Phi) is 8.98. The Morgan fingerprint density at radius 1 is 0.548 bits per heavy atom. The highest BCUT2D eigenvalue weighted by Crippen LogP contribution is 2.43. The van der Waals surface area contributed by atoms with E-state index in [0.717, 1.165) is 35.1 Å². The van der Waals surface area contributed by atoms with E-state index in [2.05, 4.69) is 118 Å². The van der Waals surface area contributed by atoms with Crippen LogP contribution in [-0.4, -0.2) is 22.3 Å². The molecule has 3 aliphatic rings. The zero-order chi connectivity index (χ0) is 31.4. The van der Waals surface area contributed by atoms with Gasteiger partial charge in [-0.05, 0) is 81.4 Å². The zero-order valence-electron chi connectivity index (χ0n) is 28.8. The maximum atomic E-state index is 11.3. The summed E-state index contributed by atoms with van der Waals surface area (Å²) in [5.41, 5.74) is 6.51. The lowest BCUT2D eigenvalue weighted by Crippen LogP contribution is -2.53. The van der Waals surface area contributed by atoms with Crippen LogP contribution in [0, 0.1) is 11.8 Å². The Morgan fingerprint density at radius 2 is 0.881 bits per heavy atom. The van der Waals surface area contributed by atoms with Gasteiger partial charge in [-0.15, -0.1) is 0 Å². The molecular formula is C38H60N2O2. The summed E-state index contributed by atoms with van der Waals surface area (Å²) in [6.07, 6.45) is 4.85. The Balaban J connectivity index is 1.46. The summed E-state index contributed by atoms with van der Waals surface area (Å²) in [6, 6.07) is 9.79. The van der Waals surface area contributed by atoms with Gasteiger partial charge in [0.15, 0.2) is 0 Å². The summed E-state index contributed by atoms with van der Waals surface area (Å²) < 4.78 is 0. The van der Waals surface area contributed by atoms with E-state index in [-0.39, 0.29) is 21.7 Å². The van der Waals surface area contributed by atoms with Crippen LogP contribution in [0.4, 0.5) is 0 Å². The zero-order valence-corrected chi connectivity index (χ0v) is 28.8. The van der Waals surface area contributed by atoms with Crippen LogP contribution < -0.4 is 10.6 Å². The van der Waals surface area contributed by atoms with E-state index in [1.54, 1.807) is 0 Å². The van der Waals surface area contributed by atoms with Crippen molar-refractivity contribution in [2.75, 3.05) is 0 Å². The molecule has 0 saturated heterocycles. The van der Waals surface area contributed by atoms with Crippen LogP contribution in [0.25, 0.3) is 0 Å². The summed E-state index contributed by atoms with van der Waals surface area (Å²) in [7, 11) is 0. The molecule has 42 heavy (non-hydrogen) atoms. The highest BCUT2D eigenvalue weighted by atomic mass is 16.3. The van der Waals surface area contributed by atoms with Gasteiger partial charge in [0.1, 0.15) is 11.5 Å². The van der Waals surface area contributed by atoms with Gasteiger partial charge in [0.2, 0.25) is 0 Å². The van der Waals surface area contributed by atoms with Gasteiger partial charge in [0.05, 0.1) is 0 Å². The molecule has 234 valence electrons. The SMILES string of the molecule is CC(C)(C)c1cc(CN[C@@H]2C[C@H]3CC[C@@H]2C[C@H]3NCc2cc(C(C)(C)C)cc(C(C)(C)C)c2O)c(O)c(C(C)(C)C)c1. The van der Waals surface area contributed by atoms with Crippen LogP contribution in [0.1, 0.15) is 142 Å². The Hall–Kier alpha value is -2.04. The largest absolute Gasteiger partial charge is 0.507 e. The Bertz CT molecular complexity index is 1170. The summed E-state index contributed by atoms with van der Waals surface area (Å²) in [4.78, 5) is 0. The molecule has 2 aromatic carbocycles. The maximum absolute atomic E-state index is 11.3. The quantitative estimate of drug-likeness (QED) is 0.278. The third-order valence-corrected chi connectivity index (χ3v) is 9.99. The molecule has 3 fully saturated rings. The highest BCUT2D eigenvalue weighted by Gasteiger charge is 2.41. The third-order valence-electron chi connectivity index (χ3n) is 9.99. The van der Waals surface area contributed by atoms with Crippen molar-refractivity contribution in [2.45, 2.75) is 156 Å². The van der Waals surface area contributed by atoms with Crippen LogP contribution in [0.15, 0.2) is 24.3 Å². The van der Waals surface area contributed by atoms with Crippen molar-refractivity contribution in [3.05, 3.63) is 57.6 Å². The minimum absolute atomic E-state index is 0.0275. The minimum Gasteiger partial charge on any atom is -0.507 e. The van der Waals surface area contributed by atoms with Crippen LogP contribution in [0.2, 0.25) is 0 Å². The lowest BCUT2D eigenvalue weighted by Gasteiger charge is -2.48. The smallest absolute Gasteiger partial charge is 0.123 e. The lowest BCUT2D eigenvalue weighted by atomic mass is 9.65. The van der Waals surface area contributed by atoms with Gasteiger partial charge in [-0.1, -0.05) is 107 Å². The molecule has 3 saturated carbocycles. The molecule has 0 aromatic heterocycles. The molecule has 0 heterocycles. The topological polar surface area (TPSA) is 64.5 Å². The summed E-state index contributed by atoms with van der Waals surface area (Å²) in [6.45, 7) is 28.0. The average molecular weight is 577 g/mol. The summed E-state index contributed by atoms with van der Waals surface area (Å²) >= 11 is 0. The number of hydrogen-bond acceptors (Lipinski definition) is 4. The van der Waals surface area contributed by atoms with Crippen molar-refractivity contribution in [1.29, 1.82) is 0 Å². The van der Waals surface area contributed by atoms with E-state index in [0.29, 0.717) is 48.5 Å². The van der Waals surface area contributed by atoms with E-state index in [9.17, 15) is 10.2 Å². The van der Waals surface area contributed by atoms with Crippen LogP contribution in [-0.2, 0) is 34.7 Å². The molecule has 3 aliphatic carbocycles. The molecule has 4 nitrogen and oxygen atoms in total. The molecule has 0 spiro atoms. The van der Waals surface area contributed by atoms with Gasteiger partial charge >= 0.3 is 0 Å². The van der Waals surface area contributed by atoms with Gasteiger partial charge in [0.25, 0.3) is 0 Å². The second-order valence-electron chi connectivity index (χ2n) is 17.6. The molecule has 0 radical (unpaired) electrons. The molecule has 0 amide bonds. The van der Waals surface area contributed by atoms with Gasteiger partial charge in [-0.2, -0.15) is 0 Å². The molecule has 4 N–H and O–H groups in total. The number of nitrogens with one attached hydrogen (secondary N) is 2. The Labute approximate surface area is 257 Å². The number of fused-ring (bicyclic) bond motifs is 3. The van der Waals surface area contributed by atoms with Crippen LogP contribution in [0.5, 0.6) is 11.5 Å². The van der Waals surface area contributed by atoms with E-state index in [1.807, 2.05) is 0 Å². The number of rotatable bonds is 6. The predicted octanol–water partition coefficient (Wildman–Crippen LogP) is 8.72. The van der Waals surface area contributed by atoms with Crippen molar-refractivity contribution in [3.8, 4) is 11.5 Å². The van der Waals surface area contributed by atoms with Crippen LogP contribution in [0.3, 0.4) is 0 Å². The normalized spacial score (nSPS) is 23.4. The molecule has 2 aromatic rings. The van der Waals surface area contributed by atoms with Crippen molar-refractivity contribution < 1.29 is 10.2 Å². The summed E-state index contributed by atoms with van der Waals surface area (Å²) in [5.74, 6) is 2.16. The first-order chi connectivity index (χ1) is 19.2. The van der Waals surface area contributed by atoms with Gasteiger partial charge in [0, 0.05) is 36.3 Å². The number of hydrogen-bond donors (Lipinski definition) is 4. The second-order valence-corrected chi connectivity index (χ2v) is 17.6. The lowest BCUT2D eigenvalue weighted by molar-refractivity contribution is 0.0823. The number of aromatic hydroxyl groups is 2. The molecule has 5 rings (SSSR count). The van der Waals surface area contributed by atoms with Crippen molar-refractivity contribution in [1.82, 2.24) is 10.6 Å². The standard InChI is InChI=1S/C38H60N2O2/c1-35(2,3)27-15-25(33(41)29(19-27)37(7,8)9)21-39-31-17-24-14-13-23(31)18-32(24)40-22-26-16-28(36(4,5)6)20-30(34(26)42)38(10,11)12/h15-16,19-20,23-24,31-32,39-42H,13-14,17-18,21-22H2,1-12H3/t23-,24-,31-,32-/m1/s1. The fourth-order valence-electron chi connectivity index (χ4n) is 7.08.